The van der Waals surface area contributed by atoms with E-state index in [1.165, 1.54) is 18.2 Å². The molecular weight excluding hydrogens is 329 g/mol. The van der Waals surface area contributed by atoms with Crippen LogP contribution in [0.5, 0.6) is 5.75 Å². The van der Waals surface area contributed by atoms with Gasteiger partial charge in [0.1, 0.15) is 5.75 Å². The van der Waals surface area contributed by atoms with E-state index in [1.807, 2.05) is 13.8 Å². The third-order valence-electron chi connectivity index (χ3n) is 3.05. The molecule has 1 unspecified atom stereocenters. The lowest BCUT2D eigenvalue weighted by Gasteiger charge is -2.17. The first kappa shape index (κ1) is 18.1. The monoisotopic (exact) mass is 344 g/mol. The van der Waals surface area contributed by atoms with E-state index in [0.717, 1.165) is 0 Å². The van der Waals surface area contributed by atoms with E-state index in [9.17, 15) is 21.6 Å². The second-order valence-corrected chi connectivity index (χ2v) is 7.23. The summed E-state index contributed by atoms with van der Waals surface area (Å²) in [5, 5.41) is 0. The van der Waals surface area contributed by atoms with Crippen molar-refractivity contribution in [3.05, 3.63) is 23.8 Å². The number of ether oxygens (including phenoxy) is 1. The first-order chi connectivity index (χ1) is 9.54. The fraction of sp³-hybridized carbons (Fsp3) is 0.538. The molecule has 1 aromatic carbocycles. The standard InChI is InChI=1S/C13H16ClF3O3S/c1-3-9(2)11-8-10(21(14,18)19)4-5-12(11)20-7-6-13(15,16)17/h4-5,8-9H,3,6-7H2,1-2H3. The number of hydrogen-bond donors (Lipinski definition) is 0. The molecule has 1 atom stereocenters. The molecule has 0 saturated carbocycles. The third kappa shape index (κ3) is 5.74. The molecule has 0 radical (unpaired) electrons. The summed E-state index contributed by atoms with van der Waals surface area (Å²) in [5.41, 5.74) is 0.529. The fourth-order valence-corrected chi connectivity index (χ4v) is 2.48. The minimum Gasteiger partial charge on any atom is -0.493 e. The number of alkyl halides is 3. The lowest BCUT2D eigenvalue weighted by molar-refractivity contribution is -0.139. The van der Waals surface area contributed by atoms with Gasteiger partial charge in [-0.05, 0) is 36.1 Å². The first-order valence-corrected chi connectivity index (χ1v) is 8.63. The Bertz CT molecular complexity index is 585. The Kier molecular flexibility index (Phi) is 5.92. The summed E-state index contributed by atoms with van der Waals surface area (Å²) in [6.45, 7) is 3.20. The van der Waals surface area contributed by atoms with E-state index >= 15 is 0 Å². The van der Waals surface area contributed by atoms with Gasteiger partial charge < -0.3 is 4.74 Å². The smallest absolute Gasteiger partial charge is 0.392 e. The van der Waals surface area contributed by atoms with Crippen LogP contribution in [0.4, 0.5) is 13.2 Å². The van der Waals surface area contributed by atoms with Crippen molar-refractivity contribution in [3.8, 4) is 5.75 Å². The maximum atomic E-state index is 12.1. The molecule has 0 spiro atoms. The topological polar surface area (TPSA) is 43.4 Å². The molecule has 0 heterocycles. The molecule has 0 bridgehead atoms. The molecule has 0 fully saturated rings. The molecule has 120 valence electrons. The molecule has 0 amide bonds. The van der Waals surface area contributed by atoms with Gasteiger partial charge in [-0.25, -0.2) is 8.42 Å². The molecule has 21 heavy (non-hydrogen) atoms. The molecule has 3 nitrogen and oxygen atoms in total. The Labute approximate surface area is 126 Å². The molecule has 0 aliphatic rings. The Balaban J connectivity index is 3.03. The van der Waals surface area contributed by atoms with Gasteiger partial charge in [0.15, 0.2) is 0 Å². The second-order valence-electron chi connectivity index (χ2n) is 4.66. The van der Waals surface area contributed by atoms with Gasteiger partial charge in [-0.2, -0.15) is 13.2 Å². The zero-order valence-corrected chi connectivity index (χ0v) is 13.1. The van der Waals surface area contributed by atoms with Gasteiger partial charge in [0.2, 0.25) is 0 Å². The molecule has 0 saturated heterocycles. The van der Waals surface area contributed by atoms with Crippen LogP contribution in [0.25, 0.3) is 0 Å². The SMILES string of the molecule is CCC(C)c1cc(S(=O)(=O)Cl)ccc1OCCC(F)(F)F. The van der Waals surface area contributed by atoms with Crippen molar-refractivity contribution in [2.45, 2.75) is 43.7 Å². The van der Waals surface area contributed by atoms with Crippen LogP contribution in [-0.4, -0.2) is 21.2 Å². The zero-order valence-electron chi connectivity index (χ0n) is 11.6. The zero-order chi connectivity index (χ0) is 16.3. The van der Waals surface area contributed by atoms with Crippen LogP contribution in [0.3, 0.4) is 0 Å². The van der Waals surface area contributed by atoms with Gasteiger partial charge in [0, 0.05) is 10.7 Å². The Morgan fingerprint density at radius 1 is 1.33 bits per heavy atom. The van der Waals surface area contributed by atoms with Crippen molar-refractivity contribution in [1.29, 1.82) is 0 Å². The van der Waals surface area contributed by atoms with Crippen LogP contribution in [0, 0.1) is 0 Å². The molecule has 8 heteroatoms. The number of halogens is 4. The van der Waals surface area contributed by atoms with Crippen molar-refractivity contribution in [3.63, 3.8) is 0 Å². The van der Waals surface area contributed by atoms with E-state index in [0.29, 0.717) is 12.0 Å². The maximum Gasteiger partial charge on any atom is 0.392 e. The van der Waals surface area contributed by atoms with Crippen molar-refractivity contribution in [2.24, 2.45) is 0 Å². The summed E-state index contributed by atoms with van der Waals surface area (Å²) >= 11 is 0. The molecule has 0 aliphatic carbocycles. The number of benzene rings is 1. The van der Waals surface area contributed by atoms with Gasteiger partial charge in [0.25, 0.3) is 9.05 Å². The highest BCUT2D eigenvalue weighted by molar-refractivity contribution is 8.13. The van der Waals surface area contributed by atoms with Crippen LogP contribution < -0.4 is 4.74 Å². The Morgan fingerprint density at radius 3 is 2.43 bits per heavy atom. The summed E-state index contributed by atoms with van der Waals surface area (Å²) in [4.78, 5) is -0.0948. The highest BCUT2D eigenvalue weighted by Crippen LogP contribution is 2.32. The predicted octanol–water partition coefficient (Wildman–Crippen LogP) is 4.46. The van der Waals surface area contributed by atoms with Crippen LogP contribution in [0.1, 0.15) is 38.2 Å². The van der Waals surface area contributed by atoms with Crippen molar-refractivity contribution >= 4 is 19.7 Å². The van der Waals surface area contributed by atoms with E-state index in [-0.39, 0.29) is 16.6 Å². The second kappa shape index (κ2) is 6.87. The van der Waals surface area contributed by atoms with E-state index < -0.39 is 28.3 Å². The van der Waals surface area contributed by atoms with Crippen molar-refractivity contribution < 1.29 is 26.3 Å². The van der Waals surface area contributed by atoms with Crippen LogP contribution in [-0.2, 0) is 9.05 Å². The third-order valence-corrected chi connectivity index (χ3v) is 4.40. The summed E-state index contributed by atoms with van der Waals surface area (Å²) in [5.74, 6) is 0.182. The average molecular weight is 345 g/mol. The summed E-state index contributed by atoms with van der Waals surface area (Å²) in [6, 6.07) is 3.91. The number of hydrogen-bond acceptors (Lipinski definition) is 3. The lowest BCUT2D eigenvalue weighted by Crippen LogP contribution is -2.14. The normalized spacial score (nSPS) is 14.0. The van der Waals surface area contributed by atoms with Crippen molar-refractivity contribution in [2.75, 3.05) is 6.61 Å². The van der Waals surface area contributed by atoms with E-state index in [4.69, 9.17) is 15.4 Å². The van der Waals surface area contributed by atoms with Gasteiger partial charge in [0.05, 0.1) is 17.9 Å². The molecule has 0 aliphatic heterocycles. The Morgan fingerprint density at radius 2 is 1.95 bits per heavy atom. The van der Waals surface area contributed by atoms with Crippen LogP contribution >= 0.6 is 10.7 Å². The molecule has 1 aromatic rings. The summed E-state index contributed by atoms with van der Waals surface area (Å²) < 4.78 is 64.2. The molecule has 0 N–H and O–H groups in total. The van der Waals surface area contributed by atoms with Crippen LogP contribution in [0.15, 0.2) is 23.1 Å². The highest BCUT2D eigenvalue weighted by atomic mass is 35.7. The minimum atomic E-state index is -4.30. The highest BCUT2D eigenvalue weighted by Gasteiger charge is 2.27. The molecular formula is C13H16ClF3O3S. The van der Waals surface area contributed by atoms with Gasteiger partial charge in [-0.15, -0.1) is 0 Å². The molecule has 0 aromatic heterocycles. The summed E-state index contributed by atoms with van der Waals surface area (Å²) in [6.07, 6.45) is -4.68. The van der Waals surface area contributed by atoms with E-state index in [2.05, 4.69) is 0 Å². The number of rotatable bonds is 6. The van der Waals surface area contributed by atoms with E-state index in [1.54, 1.807) is 0 Å². The maximum absolute atomic E-state index is 12.1. The minimum absolute atomic E-state index is 0.0655. The summed E-state index contributed by atoms with van der Waals surface area (Å²) in [7, 11) is 1.39. The van der Waals surface area contributed by atoms with Crippen LogP contribution in [0.2, 0.25) is 0 Å². The van der Waals surface area contributed by atoms with Gasteiger partial charge in [-0.3, -0.25) is 0 Å². The fourth-order valence-electron chi connectivity index (χ4n) is 1.69. The Hall–Kier alpha value is -0.950. The average Bonchev–Trinajstić information content (AvgIpc) is 2.35. The lowest BCUT2D eigenvalue weighted by atomic mass is 9.98. The van der Waals surface area contributed by atoms with Gasteiger partial charge in [-0.1, -0.05) is 13.8 Å². The largest absolute Gasteiger partial charge is 0.493 e. The quantitative estimate of drug-likeness (QED) is 0.716. The predicted molar refractivity (Wildman–Crippen MR) is 74.4 cm³/mol. The first-order valence-electron chi connectivity index (χ1n) is 6.32. The van der Waals surface area contributed by atoms with Gasteiger partial charge >= 0.3 is 6.18 Å². The molecule has 1 rings (SSSR count). The van der Waals surface area contributed by atoms with Crippen molar-refractivity contribution in [1.82, 2.24) is 0 Å².